The number of allylic oxidation sites excluding steroid dienone is 1. The highest BCUT2D eigenvalue weighted by Gasteiger charge is 2.58. The smallest absolute Gasteiger partial charge is 0.456 e. The van der Waals surface area contributed by atoms with Crippen molar-refractivity contribution >= 4 is 33.3 Å². The molecule has 2 unspecified atom stereocenters. The molecule has 0 bridgehead atoms. The topological polar surface area (TPSA) is 68.4 Å². The van der Waals surface area contributed by atoms with Crippen LogP contribution in [0.5, 0.6) is 0 Å². The molecule has 0 spiro atoms. The molecule has 3 aromatic carbocycles. The van der Waals surface area contributed by atoms with E-state index in [-0.39, 0.29) is 11.8 Å². The van der Waals surface area contributed by atoms with Crippen molar-refractivity contribution in [2.24, 2.45) is 5.84 Å². The molecule has 0 amide bonds. The molecule has 39 heavy (non-hydrogen) atoms. The molecule has 5 rings (SSSR count). The predicted molar refractivity (Wildman–Crippen MR) is 124 cm³/mol. The van der Waals surface area contributed by atoms with Gasteiger partial charge < -0.3 is 10.2 Å². The standard InChI is InChI=1S/C25H18F9N4O/c1-38(36)20(25(32,33)34)11-37(13-6-7-19-15(10-13)14-4-2-3-5-18(14)39-19)22(38)16-8-12(23(26,27)28)9-17(21(16)35)24(29,30)31/h2-11,22H,35-36H2,1H3/q+1. The Morgan fingerprint density at radius 3 is 2.05 bits per heavy atom. The molecule has 5 nitrogen and oxygen atoms in total. The molecule has 2 heterocycles. The van der Waals surface area contributed by atoms with Gasteiger partial charge in [-0.1, -0.05) is 18.2 Å². The molecule has 2 atom stereocenters. The molecule has 0 saturated heterocycles. The number of hydrogen-bond donors (Lipinski definition) is 2. The summed E-state index contributed by atoms with van der Waals surface area (Å²) in [4.78, 5) is 0.871. The van der Waals surface area contributed by atoms with Crippen LogP contribution in [-0.4, -0.2) is 17.8 Å². The average Bonchev–Trinajstić information content (AvgIpc) is 3.31. The molecular weight excluding hydrogens is 543 g/mol. The van der Waals surface area contributed by atoms with E-state index in [1.54, 1.807) is 24.3 Å². The molecule has 206 valence electrons. The number of nitrogens with two attached hydrogens (primary N) is 2. The first kappa shape index (κ1) is 26.7. The van der Waals surface area contributed by atoms with Crippen molar-refractivity contribution in [1.82, 2.24) is 0 Å². The number of halogens is 9. The van der Waals surface area contributed by atoms with Crippen LogP contribution in [-0.2, 0) is 12.4 Å². The third kappa shape index (κ3) is 4.33. The van der Waals surface area contributed by atoms with Crippen LogP contribution < -0.4 is 16.5 Å². The minimum atomic E-state index is -5.34. The van der Waals surface area contributed by atoms with Gasteiger partial charge in [0.2, 0.25) is 6.17 Å². The predicted octanol–water partition coefficient (Wildman–Crippen LogP) is 7.45. The second-order valence-electron chi connectivity index (χ2n) is 9.24. The maximum absolute atomic E-state index is 14.1. The SMILES string of the molecule is C[N+]1(N)C(C(F)(F)F)=CN(c2ccc3oc4ccccc4c3c2)C1c1cc(C(F)(F)F)cc(C(F)(F)F)c1N. The number of alkyl halides is 9. The summed E-state index contributed by atoms with van der Waals surface area (Å²) in [6.07, 6.45) is -17.1. The molecule has 0 radical (unpaired) electrons. The molecule has 1 aromatic heterocycles. The van der Waals surface area contributed by atoms with Crippen molar-refractivity contribution in [3.05, 3.63) is 83.2 Å². The van der Waals surface area contributed by atoms with Crippen LogP contribution in [0.1, 0.15) is 22.9 Å². The van der Waals surface area contributed by atoms with Crippen LogP contribution in [0, 0.1) is 0 Å². The van der Waals surface area contributed by atoms with Gasteiger partial charge in [-0.3, -0.25) is 4.90 Å². The Morgan fingerprint density at radius 1 is 0.795 bits per heavy atom. The summed E-state index contributed by atoms with van der Waals surface area (Å²) in [6.45, 7) is 0. The third-order valence-electron chi connectivity index (χ3n) is 6.62. The molecule has 0 saturated carbocycles. The fraction of sp³-hybridized carbons (Fsp3) is 0.200. The highest BCUT2D eigenvalue weighted by Crippen LogP contribution is 2.51. The minimum absolute atomic E-state index is 0.00141. The lowest BCUT2D eigenvalue weighted by Crippen LogP contribution is -2.55. The van der Waals surface area contributed by atoms with Crippen LogP contribution in [0.15, 0.2) is 70.9 Å². The van der Waals surface area contributed by atoms with Crippen molar-refractivity contribution in [1.29, 1.82) is 0 Å². The van der Waals surface area contributed by atoms with E-state index in [9.17, 15) is 39.5 Å². The normalized spacial score (nSPS) is 20.7. The summed E-state index contributed by atoms with van der Waals surface area (Å²) in [6, 6.07) is 11.0. The first-order chi connectivity index (χ1) is 17.9. The third-order valence-corrected chi connectivity index (χ3v) is 6.62. The summed E-state index contributed by atoms with van der Waals surface area (Å²) in [5, 5.41) is 1.04. The summed E-state index contributed by atoms with van der Waals surface area (Å²) in [7, 11) is 0.822. The number of fused-ring (bicyclic) bond motifs is 3. The first-order valence-electron chi connectivity index (χ1n) is 11.1. The van der Waals surface area contributed by atoms with Gasteiger partial charge in [0, 0.05) is 16.5 Å². The molecule has 1 aliphatic heterocycles. The largest absolute Gasteiger partial charge is 0.470 e. The summed E-state index contributed by atoms with van der Waals surface area (Å²) < 4.78 is 129. The summed E-state index contributed by atoms with van der Waals surface area (Å²) in [5.74, 6) is 6.05. The van der Waals surface area contributed by atoms with E-state index < -0.39 is 57.4 Å². The Hall–Kier alpha value is -3.91. The molecule has 1 aliphatic rings. The Bertz CT molecular complexity index is 1630. The van der Waals surface area contributed by atoms with Gasteiger partial charge in [0.25, 0.3) is 5.70 Å². The first-order valence-corrected chi connectivity index (χ1v) is 11.1. The number of para-hydroxylation sites is 1. The van der Waals surface area contributed by atoms with E-state index in [1.165, 1.54) is 18.2 Å². The van der Waals surface area contributed by atoms with Crippen LogP contribution in [0.3, 0.4) is 0 Å². The summed E-state index contributed by atoms with van der Waals surface area (Å²) >= 11 is 0. The lowest BCUT2D eigenvalue weighted by molar-refractivity contribution is -0.916. The van der Waals surface area contributed by atoms with Crippen LogP contribution in [0.2, 0.25) is 0 Å². The second kappa shape index (κ2) is 8.29. The Labute approximate surface area is 213 Å². The van der Waals surface area contributed by atoms with Gasteiger partial charge in [-0.25, -0.2) is 0 Å². The minimum Gasteiger partial charge on any atom is -0.456 e. The molecular formula is C25H18F9N4O+. The monoisotopic (exact) mass is 561 g/mol. The van der Waals surface area contributed by atoms with Gasteiger partial charge in [0.1, 0.15) is 11.2 Å². The molecule has 4 N–H and O–H groups in total. The van der Waals surface area contributed by atoms with Gasteiger partial charge >= 0.3 is 18.5 Å². The Balaban J connectivity index is 1.80. The second-order valence-corrected chi connectivity index (χ2v) is 9.24. The van der Waals surface area contributed by atoms with E-state index in [0.717, 1.165) is 11.9 Å². The Morgan fingerprint density at radius 2 is 1.44 bits per heavy atom. The van der Waals surface area contributed by atoms with Gasteiger partial charge in [-0.05, 0) is 36.4 Å². The lowest BCUT2D eigenvalue weighted by Gasteiger charge is -2.37. The van der Waals surface area contributed by atoms with Crippen LogP contribution >= 0.6 is 0 Å². The van der Waals surface area contributed by atoms with E-state index in [0.29, 0.717) is 34.2 Å². The van der Waals surface area contributed by atoms with E-state index >= 15 is 0 Å². The highest BCUT2D eigenvalue weighted by molar-refractivity contribution is 6.06. The number of furan rings is 1. The summed E-state index contributed by atoms with van der Waals surface area (Å²) in [5.41, 5.74) is -0.510. The molecule has 4 aromatic rings. The fourth-order valence-corrected chi connectivity index (χ4v) is 4.88. The fourth-order valence-electron chi connectivity index (χ4n) is 4.88. The number of benzene rings is 3. The molecule has 0 aliphatic carbocycles. The van der Waals surface area contributed by atoms with Crippen molar-refractivity contribution in [2.75, 3.05) is 17.7 Å². The number of nitrogen functional groups attached to an aromatic ring is 1. The van der Waals surface area contributed by atoms with Crippen molar-refractivity contribution in [3.63, 3.8) is 0 Å². The number of quaternary nitrogens is 1. The van der Waals surface area contributed by atoms with Gasteiger partial charge in [0.15, 0.2) is 0 Å². The van der Waals surface area contributed by atoms with Crippen molar-refractivity contribution < 1.29 is 48.5 Å². The number of rotatable bonds is 2. The highest BCUT2D eigenvalue weighted by atomic mass is 19.4. The lowest BCUT2D eigenvalue weighted by atomic mass is 9.98. The number of anilines is 2. The van der Waals surface area contributed by atoms with Gasteiger partial charge in [-0.15, -0.1) is 0 Å². The van der Waals surface area contributed by atoms with Crippen molar-refractivity contribution in [3.8, 4) is 0 Å². The van der Waals surface area contributed by atoms with Gasteiger partial charge in [-0.2, -0.15) is 49.9 Å². The maximum atomic E-state index is 14.1. The quantitative estimate of drug-likeness (QED) is 0.116. The number of nitrogens with zero attached hydrogens (tertiary/aromatic N) is 2. The van der Waals surface area contributed by atoms with Crippen molar-refractivity contribution in [2.45, 2.75) is 24.7 Å². The molecule has 0 fully saturated rings. The van der Waals surface area contributed by atoms with Crippen LogP contribution in [0.25, 0.3) is 21.9 Å². The zero-order valence-corrected chi connectivity index (χ0v) is 19.7. The van der Waals surface area contributed by atoms with E-state index in [2.05, 4.69) is 0 Å². The van der Waals surface area contributed by atoms with Gasteiger partial charge in [0.05, 0.1) is 35.6 Å². The zero-order valence-electron chi connectivity index (χ0n) is 19.7. The van der Waals surface area contributed by atoms with E-state index in [1.807, 2.05) is 0 Å². The zero-order chi connectivity index (χ0) is 28.7. The number of hydrogen-bond acceptors (Lipinski definition) is 4. The molecule has 14 heteroatoms. The Kier molecular flexibility index (Phi) is 5.67. The van der Waals surface area contributed by atoms with Crippen LogP contribution in [0.4, 0.5) is 50.9 Å². The van der Waals surface area contributed by atoms with E-state index in [4.69, 9.17) is 16.0 Å². The average molecular weight is 561 g/mol. The maximum Gasteiger partial charge on any atom is 0.470 e.